The molecule has 0 aromatic heterocycles. The molecule has 0 spiro atoms. The van der Waals surface area contributed by atoms with Gasteiger partial charge in [-0.25, -0.2) is 0 Å². The van der Waals surface area contributed by atoms with Gasteiger partial charge in [-0.1, -0.05) is 85.8 Å². The Bertz CT molecular complexity index is 1100. The lowest BCUT2D eigenvalue weighted by molar-refractivity contribution is -0.198. The second kappa shape index (κ2) is 7.24. The third-order valence-electron chi connectivity index (χ3n) is 7.25. The number of nitrogens with zero attached hydrogens (tertiary/aromatic N) is 2. The highest BCUT2D eigenvalue weighted by molar-refractivity contribution is 5.90. The fraction of sp³-hybridized carbons (Fsp3) is 0.296. The van der Waals surface area contributed by atoms with Gasteiger partial charge < -0.3 is 4.90 Å². The third kappa shape index (κ3) is 2.89. The SMILES string of the molecule is CC1(C)C(=O)N(OCc2ccccc2)[C@@H]2N(Cc3ccccc3)c3ccccc3[C@@]21C. The van der Waals surface area contributed by atoms with E-state index in [9.17, 15) is 4.79 Å². The van der Waals surface area contributed by atoms with Crippen LogP contribution in [-0.2, 0) is 28.2 Å². The number of hydrogen-bond donors (Lipinski definition) is 0. The first-order valence-electron chi connectivity index (χ1n) is 10.8. The molecule has 3 aromatic rings. The minimum Gasteiger partial charge on any atom is -0.344 e. The molecule has 0 saturated carbocycles. The average molecular weight is 413 g/mol. The van der Waals surface area contributed by atoms with Crippen molar-refractivity contribution in [2.24, 2.45) is 5.41 Å². The maximum absolute atomic E-state index is 13.6. The summed E-state index contributed by atoms with van der Waals surface area (Å²) in [7, 11) is 0. The standard InChI is InChI=1S/C27H28N2O2/c1-26(2)25(30)29(31-19-21-14-8-5-9-15-21)24-27(26,3)22-16-10-11-17-23(22)28(24)18-20-12-6-4-7-13-20/h4-17,24H,18-19H2,1-3H3/t24-,27-/m0/s1. The van der Waals surface area contributed by atoms with Crippen LogP contribution in [0.2, 0.25) is 0 Å². The molecule has 4 heteroatoms. The predicted octanol–water partition coefficient (Wildman–Crippen LogP) is 5.29. The van der Waals surface area contributed by atoms with Crippen molar-refractivity contribution in [1.29, 1.82) is 0 Å². The van der Waals surface area contributed by atoms with Crippen molar-refractivity contribution in [3.05, 3.63) is 102 Å². The Hall–Kier alpha value is -3.11. The number of hydroxylamine groups is 2. The topological polar surface area (TPSA) is 32.8 Å². The smallest absolute Gasteiger partial charge is 0.254 e. The average Bonchev–Trinajstić information content (AvgIpc) is 3.13. The van der Waals surface area contributed by atoms with Gasteiger partial charge in [-0.05, 0) is 36.6 Å². The van der Waals surface area contributed by atoms with E-state index in [1.165, 1.54) is 16.8 Å². The molecule has 0 unspecified atom stereocenters. The highest BCUT2D eigenvalue weighted by Gasteiger charge is 2.68. The Balaban J connectivity index is 1.57. The van der Waals surface area contributed by atoms with Gasteiger partial charge >= 0.3 is 0 Å². The van der Waals surface area contributed by atoms with Gasteiger partial charge in [0.05, 0.1) is 5.41 Å². The Morgan fingerprint density at radius 2 is 1.39 bits per heavy atom. The Labute approximate surface area is 184 Å². The van der Waals surface area contributed by atoms with Crippen LogP contribution in [0.15, 0.2) is 84.9 Å². The zero-order valence-electron chi connectivity index (χ0n) is 18.3. The monoisotopic (exact) mass is 412 g/mol. The van der Waals surface area contributed by atoms with Gasteiger partial charge in [0, 0.05) is 17.6 Å². The number of benzene rings is 3. The molecule has 0 bridgehead atoms. The van der Waals surface area contributed by atoms with E-state index >= 15 is 0 Å². The highest BCUT2D eigenvalue weighted by atomic mass is 16.7. The number of fused-ring (bicyclic) bond motifs is 3. The van der Waals surface area contributed by atoms with Crippen molar-refractivity contribution in [1.82, 2.24) is 5.06 Å². The van der Waals surface area contributed by atoms with Crippen LogP contribution in [0.1, 0.15) is 37.5 Å². The highest BCUT2D eigenvalue weighted by Crippen LogP contribution is 2.60. The van der Waals surface area contributed by atoms with E-state index in [4.69, 9.17) is 4.84 Å². The van der Waals surface area contributed by atoms with Crippen molar-refractivity contribution >= 4 is 11.6 Å². The molecular weight excluding hydrogens is 384 g/mol. The number of rotatable bonds is 5. The molecule has 1 fully saturated rings. The van der Waals surface area contributed by atoms with Gasteiger partial charge in [-0.15, -0.1) is 0 Å². The number of hydrogen-bond acceptors (Lipinski definition) is 3. The van der Waals surface area contributed by atoms with Crippen LogP contribution in [-0.4, -0.2) is 17.1 Å². The zero-order valence-corrected chi connectivity index (χ0v) is 18.3. The van der Waals surface area contributed by atoms with Crippen LogP contribution >= 0.6 is 0 Å². The van der Waals surface area contributed by atoms with Crippen LogP contribution < -0.4 is 4.90 Å². The third-order valence-corrected chi connectivity index (χ3v) is 7.25. The zero-order chi connectivity index (χ0) is 21.6. The van der Waals surface area contributed by atoms with Crippen LogP contribution in [0.25, 0.3) is 0 Å². The Kier molecular flexibility index (Phi) is 4.63. The van der Waals surface area contributed by atoms with E-state index in [-0.39, 0.29) is 12.1 Å². The summed E-state index contributed by atoms with van der Waals surface area (Å²) in [5.41, 5.74) is 3.64. The van der Waals surface area contributed by atoms with Crippen molar-refractivity contribution < 1.29 is 9.63 Å². The van der Waals surface area contributed by atoms with Gasteiger partial charge in [0.15, 0.2) is 0 Å². The van der Waals surface area contributed by atoms with Crippen molar-refractivity contribution in [2.45, 2.75) is 45.5 Å². The summed E-state index contributed by atoms with van der Waals surface area (Å²) in [6.45, 7) is 7.40. The first-order chi connectivity index (χ1) is 14.9. The molecule has 4 nitrogen and oxygen atoms in total. The predicted molar refractivity (Wildman–Crippen MR) is 122 cm³/mol. The van der Waals surface area contributed by atoms with Gasteiger partial charge in [0.1, 0.15) is 12.8 Å². The van der Waals surface area contributed by atoms with E-state index in [1.807, 2.05) is 36.4 Å². The minimum atomic E-state index is -0.601. The minimum absolute atomic E-state index is 0.0310. The molecule has 31 heavy (non-hydrogen) atoms. The van der Waals surface area contributed by atoms with Crippen molar-refractivity contribution in [2.75, 3.05) is 4.90 Å². The summed E-state index contributed by atoms with van der Waals surface area (Å²) >= 11 is 0. The summed E-state index contributed by atoms with van der Waals surface area (Å²) in [4.78, 5) is 22.2. The first kappa shape index (κ1) is 19.8. The Morgan fingerprint density at radius 1 is 0.806 bits per heavy atom. The molecule has 2 aliphatic heterocycles. The number of carbonyl (C=O) groups is 1. The molecule has 3 aromatic carbocycles. The molecule has 1 saturated heterocycles. The molecular formula is C27H28N2O2. The van der Waals surface area contributed by atoms with Gasteiger partial charge in [0.2, 0.25) is 0 Å². The largest absolute Gasteiger partial charge is 0.344 e. The number of amides is 1. The summed E-state index contributed by atoms with van der Waals surface area (Å²) in [6.07, 6.45) is -0.212. The normalized spacial score (nSPS) is 23.7. The van der Waals surface area contributed by atoms with Crippen LogP contribution in [0.4, 0.5) is 5.69 Å². The molecule has 2 atom stereocenters. The van der Waals surface area contributed by atoms with E-state index in [2.05, 4.69) is 74.2 Å². The molecule has 0 radical (unpaired) electrons. The van der Waals surface area contributed by atoms with Crippen molar-refractivity contribution in [3.63, 3.8) is 0 Å². The maximum Gasteiger partial charge on any atom is 0.254 e. The summed E-state index contributed by atoms with van der Waals surface area (Å²) in [5.74, 6) is 0.0310. The second-order valence-electron chi connectivity index (χ2n) is 9.22. The number of para-hydroxylation sites is 1. The molecule has 1 amide bonds. The summed E-state index contributed by atoms with van der Waals surface area (Å²) < 4.78 is 0. The van der Waals surface area contributed by atoms with Crippen molar-refractivity contribution in [3.8, 4) is 0 Å². The maximum atomic E-state index is 13.6. The Morgan fingerprint density at radius 3 is 2.06 bits per heavy atom. The lowest BCUT2D eigenvalue weighted by Gasteiger charge is -2.38. The number of anilines is 1. The fourth-order valence-electron chi connectivity index (χ4n) is 5.17. The summed E-state index contributed by atoms with van der Waals surface area (Å²) in [5, 5.41) is 1.65. The van der Waals surface area contributed by atoms with Crippen LogP contribution in [0, 0.1) is 5.41 Å². The van der Waals surface area contributed by atoms with E-state index < -0.39 is 10.8 Å². The van der Waals surface area contributed by atoms with Gasteiger partial charge in [-0.2, -0.15) is 5.06 Å². The molecule has 0 N–H and O–H groups in total. The first-order valence-corrected chi connectivity index (χ1v) is 10.8. The summed E-state index contributed by atoms with van der Waals surface area (Å²) in [6, 6.07) is 28.9. The quantitative estimate of drug-likeness (QED) is 0.571. The van der Waals surface area contributed by atoms with E-state index in [0.29, 0.717) is 13.2 Å². The lowest BCUT2D eigenvalue weighted by Crippen LogP contribution is -2.50. The van der Waals surface area contributed by atoms with Gasteiger partial charge in [0.25, 0.3) is 5.91 Å². The number of carbonyl (C=O) groups excluding carboxylic acids is 1. The molecule has 2 heterocycles. The molecule has 158 valence electrons. The fourth-order valence-corrected chi connectivity index (χ4v) is 5.17. The molecule has 0 aliphatic carbocycles. The van der Waals surface area contributed by atoms with Crippen LogP contribution in [0.3, 0.4) is 0 Å². The molecule has 2 aliphatic rings. The van der Waals surface area contributed by atoms with E-state index in [1.54, 1.807) is 5.06 Å². The van der Waals surface area contributed by atoms with Crippen LogP contribution in [0.5, 0.6) is 0 Å². The van der Waals surface area contributed by atoms with E-state index in [0.717, 1.165) is 5.56 Å². The molecule has 5 rings (SSSR count). The second-order valence-corrected chi connectivity index (χ2v) is 9.22. The lowest BCUT2D eigenvalue weighted by atomic mass is 9.65. The van der Waals surface area contributed by atoms with Gasteiger partial charge in [-0.3, -0.25) is 9.63 Å².